The van der Waals surface area contributed by atoms with Crippen LogP contribution in [-0.2, 0) is 4.74 Å². The number of ether oxygens (including phenoxy) is 1. The SMILES string of the molecule is CCOC1(C#N)CCN(C(=O)NC(C)C)CC1. The van der Waals surface area contributed by atoms with Crippen molar-refractivity contribution in [2.24, 2.45) is 0 Å². The molecule has 0 unspecified atom stereocenters. The molecule has 5 heteroatoms. The maximum Gasteiger partial charge on any atom is 0.317 e. The van der Waals surface area contributed by atoms with E-state index in [4.69, 9.17) is 10.00 Å². The zero-order valence-corrected chi connectivity index (χ0v) is 10.8. The Morgan fingerprint density at radius 1 is 1.53 bits per heavy atom. The van der Waals surface area contributed by atoms with Crippen molar-refractivity contribution in [2.45, 2.75) is 45.3 Å². The number of urea groups is 1. The Morgan fingerprint density at radius 2 is 2.12 bits per heavy atom. The number of carbonyl (C=O) groups is 1. The predicted octanol–water partition coefficient (Wildman–Crippen LogP) is 1.50. The molecule has 0 atom stereocenters. The van der Waals surface area contributed by atoms with E-state index >= 15 is 0 Å². The van der Waals surface area contributed by atoms with Crippen LogP contribution in [-0.4, -0.2) is 42.3 Å². The number of amides is 2. The minimum atomic E-state index is -0.691. The van der Waals surface area contributed by atoms with E-state index < -0.39 is 5.60 Å². The van der Waals surface area contributed by atoms with Crippen molar-refractivity contribution in [3.05, 3.63) is 0 Å². The van der Waals surface area contributed by atoms with E-state index in [2.05, 4.69) is 11.4 Å². The van der Waals surface area contributed by atoms with Crippen molar-refractivity contribution in [2.75, 3.05) is 19.7 Å². The number of rotatable bonds is 3. The van der Waals surface area contributed by atoms with Gasteiger partial charge in [-0.05, 0) is 20.8 Å². The topological polar surface area (TPSA) is 65.4 Å². The molecule has 96 valence electrons. The Kier molecular flexibility index (Phi) is 4.76. The Labute approximate surface area is 103 Å². The van der Waals surface area contributed by atoms with E-state index in [9.17, 15) is 4.79 Å². The predicted molar refractivity (Wildman–Crippen MR) is 64.4 cm³/mol. The smallest absolute Gasteiger partial charge is 0.317 e. The lowest BCUT2D eigenvalue weighted by atomic mass is 9.93. The molecular formula is C12H21N3O2. The minimum Gasteiger partial charge on any atom is -0.360 e. The summed E-state index contributed by atoms with van der Waals surface area (Å²) in [7, 11) is 0. The number of piperidine rings is 1. The molecule has 2 amide bonds. The molecule has 1 saturated heterocycles. The lowest BCUT2D eigenvalue weighted by Gasteiger charge is -2.37. The Morgan fingerprint density at radius 3 is 2.53 bits per heavy atom. The molecule has 1 N–H and O–H groups in total. The summed E-state index contributed by atoms with van der Waals surface area (Å²) >= 11 is 0. The first-order chi connectivity index (χ1) is 8.03. The van der Waals surface area contributed by atoms with Crippen molar-refractivity contribution < 1.29 is 9.53 Å². The number of nitrogens with zero attached hydrogens (tertiary/aromatic N) is 2. The Balaban J connectivity index is 2.50. The maximum absolute atomic E-state index is 11.8. The maximum atomic E-state index is 11.8. The number of hydrogen-bond donors (Lipinski definition) is 1. The fourth-order valence-electron chi connectivity index (χ4n) is 1.97. The number of hydrogen-bond acceptors (Lipinski definition) is 3. The largest absolute Gasteiger partial charge is 0.360 e. The first kappa shape index (κ1) is 13.8. The van der Waals surface area contributed by atoms with Gasteiger partial charge >= 0.3 is 6.03 Å². The van der Waals surface area contributed by atoms with Crippen molar-refractivity contribution in [3.63, 3.8) is 0 Å². The second-order valence-electron chi connectivity index (χ2n) is 4.63. The fraction of sp³-hybridized carbons (Fsp3) is 0.833. The molecular weight excluding hydrogens is 218 g/mol. The first-order valence-corrected chi connectivity index (χ1v) is 6.13. The molecule has 0 aromatic carbocycles. The van der Waals surface area contributed by atoms with Gasteiger partial charge in [0.25, 0.3) is 0 Å². The Bertz CT molecular complexity index is 301. The average molecular weight is 239 g/mol. The monoisotopic (exact) mass is 239 g/mol. The van der Waals surface area contributed by atoms with Gasteiger partial charge in [-0.3, -0.25) is 0 Å². The molecule has 0 aliphatic carbocycles. The normalized spacial score (nSPS) is 18.9. The summed E-state index contributed by atoms with van der Waals surface area (Å²) in [4.78, 5) is 13.5. The van der Waals surface area contributed by atoms with E-state index in [0.717, 1.165) is 0 Å². The summed E-state index contributed by atoms with van der Waals surface area (Å²) in [6, 6.07) is 2.32. The summed E-state index contributed by atoms with van der Waals surface area (Å²) in [5, 5.41) is 12.0. The first-order valence-electron chi connectivity index (χ1n) is 6.13. The molecule has 0 aromatic heterocycles. The van der Waals surface area contributed by atoms with E-state index in [0.29, 0.717) is 32.5 Å². The summed E-state index contributed by atoms with van der Waals surface area (Å²) < 4.78 is 5.51. The molecule has 1 aliphatic heterocycles. The zero-order valence-electron chi connectivity index (χ0n) is 10.8. The minimum absolute atomic E-state index is 0.0527. The van der Waals surface area contributed by atoms with Crippen molar-refractivity contribution in [1.82, 2.24) is 10.2 Å². The molecule has 1 heterocycles. The van der Waals surface area contributed by atoms with Crippen LogP contribution in [0.4, 0.5) is 4.79 Å². The molecule has 1 aliphatic rings. The number of nitriles is 1. The van der Waals surface area contributed by atoms with Crippen LogP contribution in [0.3, 0.4) is 0 Å². The van der Waals surface area contributed by atoms with Crippen LogP contribution in [0.15, 0.2) is 0 Å². The molecule has 17 heavy (non-hydrogen) atoms. The third-order valence-corrected chi connectivity index (χ3v) is 2.89. The zero-order chi connectivity index (χ0) is 12.9. The quantitative estimate of drug-likeness (QED) is 0.811. The standard InChI is InChI=1S/C12H21N3O2/c1-4-17-12(9-13)5-7-15(8-6-12)11(16)14-10(2)3/h10H,4-8H2,1-3H3,(H,14,16). The molecule has 0 bridgehead atoms. The van der Waals surface area contributed by atoms with Gasteiger partial charge in [0.1, 0.15) is 0 Å². The van der Waals surface area contributed by atoms with E-state index in [1.807, 2.05) is 20.8 Å². The highest BCUT2D eigenvalue weighted by Gasteiger charge is 2.36. The molecule has 0 saturated carbocycles. The van der Waals surface area contributed by atoms with Crippen LogP contribution in [0.5, 0.6) is 0 Å². The molecule has 0 radical (unpaired) electrons. The summed E-state index contributed by atoms with van der Waals surface area (Å²) in [6.07, 6.45) is 1.17. The third-order valence-electron chi connectivity index (χ3n) is 2.89. The number of likely N-dealkylation sites (tertiary alicyclic amines) is 1. The number of nitrogens with one attached hydrogen (secondary N) is 1. The summed E-state index contributed by atoms with van der Waals surface area (Å²) in [5.41, 5.74) is -0.691. The van der Waals surface area contributed by atoms with E-state index in [-0.39, 0.29) is 12.1 Å². The van der Waals surface area contributed by atoms with Crippen molar-refractivity contribution in [1.29, 1.82) is 5.26 Å². The highest BCUT2D eigenvalue weighted by Crippen LogP contribution is 2.25. The molecule has 1 fully saturated rings. The fourth-order valence-corrected chi connectivity index (χ4v) is 1.97. The average Bonchev–Trinajstić information content (AvgIpc) is 2.29. The second-order valence-corrected chi connectivity index (χ2v) is 4.63. The van der Waals surface area contributed by atoms with Gasteiger partial charge in [-0.15, -0.1) is 0 Å². The highest BCUT2D eigenvalue weighted by molar-refractivity contribution is 5.74. The van der Waals surface area contributed by atoms with Gasteiger partial charge in [0.05, 0.1) is 6.07 Å². The lowest BCUT2D eigenvalue weighted by Crippen LogP contribution is -2.51. The second kappa shape index (κ2) is 5.87. The Hall–Kier alpha value is -1.28. The lowest BCUT2D eigenvalue weighted by molar-refractivity contribution is -0.0318. The third kappa shape index (κ3) is 3.60. The van der Waals surface area contributed by atoms with Gasteiger partial charge in [0.2, 0.25) is 0 Å². The van der Waals surface area contributed by atoms with E-state index in [1.165, 1.54) is 0 Å². The van der Waals surface area contributed by atoms with Crippen LogP contribution in [0, 0.1) is 11.3 Å². The molecule has 0 spiro atoms. The van der Waals surface area contributed by atoms with Gasteiger partial charge < -0.3 is 15.0 Å². The van der Waals surface area contributed by atoms with Gasteiger partial charge in [-0.2, -0.15) is 5.26 Å². The van der Waals surface area contributed by atoms with Crippen LogP contribution >= 0.6 is 0 Å². The van der Waals surface area contributed by atoms with Gasteiger partial charge in [-0.1, -0.05) is 0 Å². The van der Waals surface area contributed by atoms with Gasteiger partial charge in [0.15, 0.2) is 5.60 Å². The van der Waals surface area contributed by atoms with Crippen molar-refractivity contribution in [3.8, 4) is 6.07 Å². The molecule has 5 nitrogen and oxygen atoms in total. The van der Waals surface area contributed by atoms with Crippen LogP contribution in [0.1, 0.15) is 33.6 Å². The summed E-state index contributed by atoms with van der Waals surface area (Å²) in [5.74, 6) is 0. The van der Waals surface area contributed by atoms with Crippen LogP contribution in [0.25, 0.3) is 0 Å². The van der Waals surface area contributed by atoms with Gasteiger partial charge in [0, 0.05) is 38.6 Å². The van der Waals surface area contributed by atoms with E-state index in [1.54, 1.807) is 4.90 Å². The van der Waals surface area contributed by atoms with Crippen molar-refractivity contribution >= 4 is 6.03 Å². The molecule has 0 aromatic rings. The van der Waals surface area contributed by atoms with Crippen LogP contribution in [0.2, 0.25) is 0 Å². The summed E-state index contributed by atoms with van der Waals surface area (Å²) in [6.45, 7) is 7.43. The number of carbonyl (C=O) groups excluding carboxylic acids is 1. The van der Waals surface area contributed by atoms with Crippen LogP contribution < -0.4 is 5.32 Å². The highest BCUT2D eigenvalue weighted by atomic mass is 16.5. The van der Waals surface area contributed by atoms with Gasteiger partial charge in [-0.25, -0.2) is 4.79 Å². The molecule has 1 rings (SSSR count).